The molecule has 1 aliphatic rings. The molecule has 1 saturated heterocycles. The summed E-state index contributed by atoms with van der Waals surface area (Å²) in [6, 6.07) is 15.4. The molecule has 2 aromatic rings. The van der Waals surface area contributed by atoms with E-state index in [9.17, 15) is 4.79 Å². The van der Waals surface area contributed by atoms with Crippen LogP contribution in [0, 0.1) is 0 Å². The molecule has 0 N–H and O–H groups in total. The molecule has 0 amide bonds. The van der Waals surface area contributed by atoms with E-state index in [1.54, 1.807) is 26.4 Å². The average Bonchev–Trinajstić information content (AvgIpc) is 3.31. The van der Waals surface area contributed by atoms with Crippen molar-refractivity contribution in [2.24, 2.45) is 0 Å². The molecular formula is C33H42O8. The van der Waals surface area contributed by atoms with Crippen molar-refractivity contribution in [3.05, 3.63) is 97.1 Å². The first-order valence-electron chi connectivity index (χ1n) is 13.6. The zero-order valence-corrected chi connectivity index (χ0v) is 24.6. The Morgan fingerprint density at radius 1 is 0.878 bits per heavy atom. The maximum Gasteiger partial charge on any atom is 0.330 e. The average molecular weight is 567 g/mol. The fraction of sp³-hybridized carbons (Fsp3) is 0.424. The van der Waals surface area contributed by atoms with E-state index in [1.165, 1.54) is 0 Å². The highest BCUT2D eigenvalue weighted by atomic mass is 16.8. The van der Waals surface area contributed by atoms with E-state index in [-0.39, 0.29) is 6.10 Å². The highest BCUT2D eigenvalue weighted by molar-refractivity contribution is 5.81. The van der Waals surface area contributed by atoms with Crippen molar-refractivity contribution in [3.8, 4) is 11.5 Å². The highest BCUT2D eigenvalue weighted by Crippen LogP contribution is 2.35. The molecule has 0 spiro atoms. The first-order chi connectivity index (χ1) is 19.7. The summed E-state index contributed by atoms with van der Waals surface area (Å²) >= 11 is 0. The third kappa shape index (κ3) is 9.86. The van der Waals surface area contributed by atoms with Crippen LogP contribution in [0.25, 0.3) is 0 Å². The van der Waals surface area contributed by atoms with Crippen molar-refractivity contribution >= 4 is 5.97 Å². The van der Waals surface area contributed by atoms with Crippen LogP contribution in [-0.4, -0.2) is 56.5 Å². The Kier molecular flexibility index (Phi) is 12.2. The Morgan fingerprint density at radius 2 is 1.41 bits per heavy atom. The maximum absolute atomic E-state index is 11.9. The van der Waals surface area contributed by atoms with E-state index < -0.39 is 36.2 Å². The van der Waals surface area contributed by atoms with E-state index in [1.807, 2.05) is 75.4 Å². The van der Waals surface area contributed by atoms with Gasteiger partial charge in [-0.15, -0.1) is 6.58 Å². The molecule has 0 aromatic heterocycles. The Morgan fingerprint density at radius 3 is 1.93 bits per heavy atom. The quantitative estimate of drug-likeness (QED) is 0.140. The molecule has 8 nitrogen and oxygen atoms in total. The van der Waals surface area contributed by atoms with Gasteiger partial charge in [0.15, 0.2) is 5.79 Å². The lowest BCUT2D eigenvalue weighted by Crippen LogP contribution is -2.42. The van der Waals surface area contributed by atoms with E-state index >= 15 is 0 Å². The lowest BCUT2D eigenvalue weighted by Gasteiger charge is -2.28. The summed E-state index contributed by atoms with van der Waals surface area (Å²) in [7, 11) is 3.26. The molecule has 222 valence electrons. The number of carbonyl (C=O) groups is 1. The van der Waals surface area contributed by atoms with Gasteiger partial charge in [-0.1, -0.05) is 43.0 Å². The molecule has 0 bridgehead atoms. The largest absolute Gasteiger partial charge is 0.497 e. The first-order valence-corrected chi connectivity index (χ1v) is 13.6. The second-order valence-electron chi connectivity index (χ2n) is 10.1. The fourth-order valence-electron chi connectivity index (χ4n) is 4.41. The summed E-state index contributed by atoms with van der Waals surface area (Å²) in [6.07, 6.45) is 4.53. The standard InChI is InChI=1S/C33H42O8/c1-8-10-28(39-30(34)9-2)19-20-29(38-22-25-13-17-27(36-7)18-14-25)32-31(40-33(4,5)41-32)23(3)37-21-24-11-15-26(35-6)16-12-24/h8-9,11-20,23,28-29,31-32H,1-2,10,21-22H2,3-7H3/b20-19-/t23-,28+,29+,31-,32+/m0/s1. The number of carbonyl (C=O) groups excluding carboxylic acids is 1. The van der Waals surface area contributed by atoms with Crippen LogP contribution in [0.15, 0.2) is 86.0 Å². The minimum Gasteiger partial charge on any atom is -0.497 e. The van der Waals surface area contributed by atoms with Crippen molar-refractivity contribution in [2.45, 2.75) is 76.7 Å². The molecule has 41 heavy (non-hydrogen) atoms. The number of rotatable bonds is 16. The van der Waals surface area contributed by atoms with Gasteiger partial charge in [-0.3, -0.25) is 0 Å². The number of benzene rings is 2. The second kappa shape index (κ2) is 15.5. The normalized spacial score (nSPS) is 20.2. The van der Waals surface area contributed by atoms with Crippen molar-refractivity contribution in [3.63, 3.8) is 0 Å². The van der Waals surface area contributed by atoms with E-state index in [4.69, 9.17) is 33.2 Å². The van der Waals surface area contributed by atoms with Gasteiger partial charge in [0.25, 0.3) is 0 Å². The predicted molar refractivity (Wildman–Crippen MR) is 157 cm³/mol. The molecule has 0 radical (unpaired) electrons. The van der Waals surface area contributed by atoms with Gasteiger partial charge in [-0.25, -0.2) is 4.79 Å². The summed E-state index contributed by atoms with van der Waals surface area (Å²) in [6.45, 7) is 13.7. The van der Waals surface area contributed by atoms with E-state index in [0.717, 1.165) is 28.7 Å². The number of methoxy groups -OCH3 is 2. The lowest BCUT2D eigenvalue weighted by atomic mass is 10.0. The van der Waals surface area contributed by atoms with Crippen molar-refractivity contribution in [1.82, 2.24) is 0 Å². The Labute approximate surface area is 243 Å². The third-order valence-corrected chi connectivity index (χ3v) is 6.57. The Bertz CT molecular complexity index is 1140. The molecule has 1 heterocycles. The van der Waals surface area contributed by atoms with Crippen LogP contribution in [0.3, 0.4) is 0 Å². The van der Waals surface area contributed by atoms with Crippen LogP contribution >= 0.6 is 0 Å². The van der Waals surface area contributed by atoms with Crippen molar-refractivity contribution < 1.29 is 38.0 Å². The minimum atomic E-state index is -0.863. The van der Waals surface area contributed by atoms with Crippen LogP contribution < -0.4 is 9.47 Å². The van der Waals surface area contributed by atoms with Gasteiger partial charge >= 0.3 is 5.97 Å². The molecule has 1 fully saturated rings. The topological polar surface area (TPSA) is 81.7 Å². The molecule has 3 rings (SSSR count). The zero-order valence-electron chi connectivity index (χ0n) is 24.6. The van der Waals surface area contributed by atoms with Crippen LogP contribution in [-0.2, 0) is 41.7 Å². The summed E-state index contributed by atoms with van der Waals surface area (Å²) in [5.41, 5.74) is 1.97. The van der Waals surface area contributed by atoms with E-state index in [2.05, 4.69) is 13.2 Å². The van der Waals surface area contributed by atoms with Gasteiger partial charge in [0, 0.05) is 12.5 Å². The second-order valence-corrected chi connectivity index (χ2v) is 10.1. The zero-order chi connectivity index (χ0) is 29.8. The summed E-state index contributed by atoms with van der Waals surface area (Å²) in [5, 5.41) is 0. The monoisotopic (exact) mass is 566 g/mol. The Balaban J connectivity index is 1.81. The van der Waals surface area contributed by atoms with Crippen molar-refractivity contribution in [1.29, 1.82) is 0 Å². The van der Waals surface area contributed by atoms with Crippen LogP contribution in [0.2, 0.25) is 0 Å². The molecular weight excluding hydrogens is 524 g/mol. The lowest BCUT2D eigenvalue weighted by molar-refractivity contribution is -0.163. The van der Waals surface area contributed by atoms with Gasteiger partial charge in [-0.05, 0) is 62.2 Å². The van der Waals surface area contributed by atoms with Crippen LogP contribution in [0.1, 0.15) is 38.3 Å². The predicted octanol–water partition coefficient (Wildman–Crippen LogP) is 5.94. The smallest absolute Gasteiger partial charge is 0.330 e. The number of hydrogen-bond donors (Lipinski definition) is 0. The van der Waals surface area contributed by atoms with E-state index in [0.29, 0.717) is 19.6 Å². The molecule has 8 heteroatoms. The van der Waals surface area contributed by atoms with Gasteiger partial charge in [0.2, 0.25) is 0 Å². The van der Waals surface area contributed by atoms with Gasteiger partial charge < -0.3 is 33.2 Å². The first kappa shape index (κ1) is 32.1. The summed E-state index contributed by atoms with van der Waals surface area (Å²) in [4.78, 5) is 11.9. The minimum absolute atomic E-state index is 0.311. The van der Waals surface area contributed by atoms with Gasteiger partial charge in [-0.2, -0.15) is 0 Å². The molecule has 5 atom stereocenters. The van der Waals surface area contributed by atoms with Crippen LogP contribution in [0.5, 0.6) is 11.5 Å². The number of ether oxygens (including phenoxy) is 7. The molecule has 1 aliphatic heterocycles. The highest BCUT2D eigenvalue weighted by Gasteiger charge is 2.47. The maximum atomic E-state index is 11.9. The van der Waals surface area contributed by atoms with Gasteiger partial charge in [0.05, 0.1) is 33.5 Å². The molecule has 2 aromatic carbocycles. The summed E-state index contributed by atoms with van der Waals surface area (Å²) < 4.78 is 41.4. The number of hydrogen-bond acceptors (Lipinski definition) is 8. The SMILES string of the molecule is C=CC[C@H](/C=C\[C@@H](OCc1ccc(OC)cc1)[C@H]1OC(C)(C)O[C@H]1[C@H](C)OCc1ccc(OC)cc1)OC(=O)C=C. The Hall–Kier alpha value is -3.43. The molecule has 0 unspecified atom stereocenters. The summed E-state index contributed by atoms with van der Waals surface area (Å²) in [5.74, 6) is 0.169. The van der Waals surface area contributed by atoms with Crippen molar-refractivity contribution in [2.75, 3.05) is 14.2 Å². The number of esters is 1. The molecule has 0 aliphatic carbocycles. The van der Waals surface area contributed by atoms with Crippen LogP contribution in [0.4, 0.5) is 0 Å². The fourth-order valence-corrected chi connectivity index (χ4v) is 4.41. The molecule has 0 saturated carbocycles. The van der Waals surface area contributed by atoms with Gasteiger partial charge in [0.1, 0.15) is 35.9 Å². The third-order valence-electron chi connectivity index (χ3n) is 6.57.